The molecule has 90 valence electrons. The molecular weight excluding hydrogens is 225 g/mol. The fourth-order valence-electron chi connectivity index (χ4n) is 1.17. The molecule has 0 bridgehead atoms. The highest BCUT2D eigenvalue weighted by molar-refractivity contribution is 5.41. The molecule has 0 spiro atoms. The smallest absolute Gasteiger partial charge is 0.508 e. The average molecular weight is 236 g/mol. The first kappa shape index (κ1) is 12.6. The molecule has 0 aliphatic rings. The molecule has 0 unspecified atom stereocenters. The van der Waals surface area contributed by atoms with E-state index in [4.69, 9.17) is 16.6 Å². The van der Waals surface area contributed by atoms with Gasteiger partial charge in [-0.05, 0) is 18.2 Å². The van der Waals surface area contributed by atoms with Gasteiger partial charge in [0.25, 0.3) is 0 Å². The normalized spacial score (nSPS) is 13.6. The van der Waals surface area contributed by atoms with Crippen molar-refractivity contribution in [3.8, 4) is 11.5 Å². The Labute approximate surface area is 89.6 Å². The van der Waals surface area contributed by atoms with E-state index in [0.717, 1.165) is 18.2 Å². The Morgan fingerprint density at radius 2 is 2.00 bits per heavy atom. The summed E-state index contributed by atoms with van der Waals surface area (Å²) < 4.78 is 39.9. The number of benzene rings is 1. The second kappa shape index (κ2) is 4.58. The summed E-state index contributed by atoms with van der Waals surface area (Å²) in [6.07, 6.45) is -4.81. The lowest BCUT2D eigenvalue weighted by Gasteiger charge is -2.16. The highest BCUT2D eigenvalue weighted by Crippen LogP contribution is 2.31. The average Bonchev–Trinajstić information content (AvgIpc) is 2.17. The molecular formula is C9H11F3N2O2. The molecule has 0 aliphatic heterocycles. The van der Waals surface area contributed by atoms with Crippen LogP contribution in [0, 0.1) is 0 Å². The number of rotatable bonds is 3. The van der Waals surface area contributed by atoms with E-state index in [2.05, 4.69) is 4.74 Å². The first-order valence-electron chi connectivity index (χ1n) is 4.38. The molecule has 0 fully saturated rings. The van der Waals surface area contributed by atoms with Crippen LogP contribution in [0.3, 0.4) is 0 Å². The number of aromatic hydroxyl groups is 1. The van der Waals surface area contributed by atoms with Gasteiger partial charge in [-0.3, -0.25) is 0 Å². The number of phenols is 1. The van der Waals surface area contributed by atoms with Crippen LogP contribution >= 0.6 is 0 Å². The lowest BCUT2D eigenvalue weighted by molar-refractivity contribution is -0.275. The maximum absolute atomic E-state index is 12.0. The Balaban J connectivity index is 3.07. The lowest BCUT2D eigenvalue weighted by atomic mass is 10.1. The fraction of sp³-hybridized carbons (Fsp3) is 0.333. The molecule has 0 amide bonds. The summed E-state index contributed by atoms with van der Waals surface area (Å²) in [6, 6.07) is 2.34. The first-order chi connectivity index (χ1) is 7.33. The van der Waals surface area contributed by atoms with Gasteiger partial charge < -0.3 is 21.3 Å². The van der Waals surface area contributed by atoms with E-state index >= 15 is 0 Å². The minimum atomic E-state index is -4.81. The summed E-state index contributed by atoms with van der Waals surface area (Å²) in [5, 5.41) is 9.15. The number of alkyl halides is 3. The van der Waals surface area contributed by atoms with E-state index in [1.165, 1.54) is 0 Å². The maximum atomic E-state index is 12.0. The third-order valence-electron chi connectivity index (χ3n) is 1.87. The molecule has 4 nitrogen and oxygen atoms in total. The number of nitrogens with two attached hydrogens (primary N) is 2. The summed E-state index contributed by atoms with van der Waals surface area (Å²) in [4.78, 5) is 0. The van der Waals surface area contributed by atoms with Crippen LogP contribution in [-0.4, -0.2) is 18.0 Å². The fourth-order valence-corrected chi connectivity index (χ4v) is 1.17. The molecule has 0 saturated heterocycles. The molecule has 1 atom stereocenters. The molecule has 0 heterocycles. The number of phenolic OH excluding ortho intramolecular Hbond substituents is 1. The molecule has 5 N–H and O–H groups in total. The van der Waals surface area contributed by atoms with Crippen molar-refractivity contribution in [3.63, 3.8) is 0 Å². The Hall–Kier alpha value is -1.47. The van der Waals surface area contributed by atoms with Crippen molar-refractivity contribution in [3.05, 3.63) is 23.8 Å². The summed E-state index contributed by atoms with van der Waals surface area (Å²) in [5.41, 5.74) is 10.8. The van der Waals surface area contributed by atoms with E-state index in [1.807, 2.05) is 0 Å². The van der Waals surface area contributed by atoms with Gasteiger partial charge in [-0.1, -0.05) is 0 Å². The molecule has 0 radical (unpaired) electrons. The van der Waals surface area contributed by atoms with Crippen LogP contribution in [0.2, 0.25) is 0 Å². The molecule has 1 aromatic carbocycles. The molecule has 0 aliphatic carbocycles. The van der Waals surface area contributed by atoms with Gasteiger partial charge in [0.1, 0.15) is 11.5 Å². The van der Waals surface area contributed by atoms with Crippen LogP contribution < -0.4 is 16.2 Å². The number of hydrogen-bond donors (Lipinski definition) is 3. The van der Waals surface area contributed by atoms with Crippen molar-refractivity contribution >= 4 is 0 Å². The van der Waals surface area contributed by atoms with E-state index < -0.39 is 18.2 Å². The van der Waals surface area contributed by atoms with Gasteiger partial charge >= 0.3 is 6.36 Å². The van der Waals surface area contributed by atoms with E-state index in [0.29, 0.717) is 0 Å². The van der Waals surface area contributed by atoms with Gasteiger partial charge in [0, 0.05) is 18.2 Å². The second-order valence-corrected chi connectivity index (χ2v) is 3.11. The van der Waals surface area contributed by atoms with E-state index in [1.54, 1.807) is 0 Å². The molecule has 16 heavy (non-hydrogen) atoms. The Morgan fingerprint density at radius 1 is 1.38 bits per heavy atom. The van der Waals surface area contributed by atoms with Gasteiger partial charge in [-0.2, -0.15) is 0 Å². The lowest BCUT2D eigenvalue weighted by Crippen LogP contribution is -2.24. The largest absolute Gasteiger partial charge is 0.573 e. The van der Waals surface area contributed by atoms with Crippen LogP contribution in [0.4, 0.5) is 13.2 Å². The molecule has 0 aromatic heterocycles. The standard InChI is InChI=1S/C9H11F3N2O2/c10-9(11,12)16-8-2-1-5(15)3-6(8)7(14)4-13/h1-3,7,15H,4,13-14H2/t7-/m1/s1. The van der Waals surface area contributed by atoms with Gasteiger partial charge in [0.05, 0.1) is 0 Å². The van der Waals surface area contributed by atoms with Crippen molar-refractivity contribution in [2.24, 2.45) is 11.5 Å². The monoisotopic (exact) mass is 236 g/mol. The summed E-state index contributed by atoms with van der Waals surface area (Å²) in [7, 11) is 0. The summed E-state index contributed by atoms with van der Waals surface area (Å²) in [5.74, 6) is -0.656. The zero-order valence-electron chi connectivity index (χ0n) is 8.16. The van der Waals surface area contributed by atoms with Crippen LogP contribution in [0.5, 0.6) is 11.5 Å². The van der Waals surface area contributed by atoms with Gasteiger partial charge in [-0.15, -0.1) is 13.2 Å². The van der Waals surface area contributed by atoms with E-state index in [9.17, 15) is 13.2 Å². The van der Waals surface area contributed by atoms with Crippen molar-refractivity contribution in [1.29, 1.82) is 0 Å². The van der Waals surface area contributed by atoms with Crippen molar-refractivity contribution in [1.82, 2.24) is 0 Å². The molecule has 7 heteroatoms. The van der Waals surface area contributed by atoms with Crippen LogP contribution in [-0.2, 0) is 0 Å². The van der Waals surface area contributed by atoms with Crippen LogP contribution in [0.25, 0.3) is 0 Å². The first-order valence-corrected chi connectivity index (χ1v) is 4.38. The van der Waals surface area contributed by atoms with Gasteiger partial charge in [-0.25, -0.2) is 0 Å². The summed E-state index contributed by atoms with van der Waals surface area (Å²) in [6.45, 7) is -0.0579. The van der Waals surface area contributed by atoms with E-state index in [-0.39, 0.29) is 17.9 Å². The zero-order chi connectivity index (χ0) is 12.3. The third kappa shape index (κ3) is 3.28. The minimum absolute atomic E-state index is 0.0137. The number of ether oxygens (including phenoxy) is 1. The van der Waals surface area contributed by atoms with Crippen LogP contribution in [0.1, 0.15) is 11.6 Å². The Bertz CT molecular complexity index is 368. The molecule has 1 rings (SSSR count). The second-order valence-electron chi connectivity index (χ2n) is 3.11. The maximum Gasteiger partial charge on any atom is 0.573 e. The minimum Gasteiger partial charge on any atom is -0.508 e. The highest BCUT2D eigenvalue weighted by atomic mass is 19.4. The summed E-state index contributed by atoms with van der Waals surface area (Å²) >= 11 is 0. The van der Waals surface area contributed by atoms with Gasteiger partial charge in [0.2, 0.25) is 0 Å². The predicted molar refractivity (Wildman–Crippen MR) is 50.8 cm³/mol. The van der Waals surface area contributed by atoms with Gasteiger partial charge in [0.15, 0.2) is 0 Å². The predicted octanol–water partition coefficient (Wildman–Crippen LogP) is 1.25. The highest BCUT2D eigenvalue weighted by Gasteiger charge is 2.32. The third-order valence-corrected chi connectivity index (χ3v) is 1.87. The van der Waals surface area contributed by atoms with Crippen molar-refractivity contribution in [2.75, 3.05) is 6.54 Å². The molecule has 0 saturated carbocycles. The van der Waals surface area contributed by atoms with Crippen LogP contribution in [0.15, 0.2) is 18.2 Å². The Morgan fingerprint density at radius 3 is 2.50 bits per heavy atom. The topological polar surface area (TPSA) is 81.5 Å². The molecule has 1 aromatic rings. The van der Waals surface area contributed by atoms with Crippen molar-refractivity contribution in [2.45, 2.75) is 12.4 Å². The number of hydrogen-bond acceptors (Lipinski definition) is 4. The quantitative estimate of drug-likeness (QED) is 0.737. The SMILES string of the molecule is NC[C@@H](N)c1cc(O)ccc1OC(F)(F)F. The van der Waals surface area contributed by atoms with Crippen molar-refractivity contribution < 1.29 is 23.0 Å². The Kier molecular flexibility index (Phi) is 3.61. The number of halogens is 3. The zero-order valence-corrected chi connectivity index (χ0v) is 8.16.